The summed E-state index contributed by atoms with van der Waals surface area (Å²) in [5.74, 6) is -72.3. The van der Waals surface area contributed by atoms with E-state index in [1.165, 1.54) is 0 Å². The minimum atomic E-state index is -8.84. The van der Waals surface area contributed by atoms with Crippen LogP contribution in [0.5, 0.6) is 0 Å². The third-order valence-corrected chi connectivity index (χ3v) is 4.28. The van der Waals surface area contributed by atoms with Crippen LogP contribution in [-0.4, -0.2) is 53.6 Å². The van der Waals surface area contributed by atoms with Crippen LogP contribution in [0.2, 0.25) is 0 Å². The minimum absolute atomic E-state index is 5.13. The molecule has 0 bridgehead atoms. The average molecular weight is 574 g/mol. The van der Waals surface area contributed by atoms with Crippen molar-refractivity contribution >= 4 is 0 Å². The number of hydrogen-bond acceptors (Lipinski definition) is 0. The van der Waals surface area contributed by atoms with E-state index < -0.39 is 76.6 Å². The second-order valence-corrected chi connectivity index (χ2v) is 6.42. The van der Waals surface area contributed by atoms with E-state index in [2.05, 4.69) is 0 Å². The van der Waals surface area contributed by atoms with E-state index in [9.17, 15) is 96.6 Å². The highest BCUT2D eigenvalue weighted by atomic mass is 19.4. The second kappa shape index (κ2) is 7.48. The van der Waals surface area contributed by atoms with Crippen LogP contribution in [-0.2, 0) is 0 Å². The van der Waals surface area contributed by atoms with Gasteiger partial charge in [0.05, 0.1) is 5.57 Å². The summed E-state index contributed by atoms with van der Waals surface area (Å²) < 4.78 is 290. The van der Waals surface area contributed by atoms with E-state index in [1.54, 1.807) is 0 Å². The molecular formula is C13F22. The predicted molar refractivity (Wildman–Crippen MR) is 63.0 cm³/mol. The lowest BCUT2D eigenvalue weighted by Gasteiger charge is -2.38. The SMILES string of the molecule is FC(F)=C1C(C(F)(F)C(F)(F)C(F)(F)C(F)(F)C(F)(F)F)=C(F)C(F)(F)C(F)(F)C(F)(F)C1(F)F. The Kier molecular flexibility index (Phi) is 6.62. The Bertz CT molecular complexity index is 921. The highest BCUT2D eigenvalue weighted by Gasteiger charge is 2.91. The maximum absolute atomic E-state index is 14.0. The maximum Gasteiger partial charge on any atom is 0.460 e. The predicted octanol–water partition coefficient (Wildman–Crippen LogP) is 8.02. The van der Waals surface area contributed by atoms with Gasteiger partial charge >= 0.3 is 53.6 Å². The van der Waals surface area contributed by atoms with Crippen LogP contribution in [0.15, 0.2) is 23.1 Å². The summed E-state index contributed by atoms with van der Waals surface area (Å²) >= 11 is 0. The van der Waals surface area contributed by atoms with Crippen molar-refractivity contribution in [1.29, 1.82) is 0 Å². The Morgan fingerprint density at radius 3 is 1.17 bits per heavy atom. The standard InChI is InChI=1S/C13F22/c14-3-1(5(17,18)9(25,26)11(29,30)12(31,32)13(33,34)35)2(4(15)16)6(19,20)8(23,24)10(27,28)7(3,21)22. The zero-order chi connectivity index (χ0) is 28.8. The van der Waals surface area contributed by atoms with E-state index >= 15 is 0 Å². The van der Waals surface area contributed by atoms with Gasteiger partial charge in [-0.15, -0.1) is 0 Å². The van der Waals surface area contributed by atoms with Crippen molar-refractivity contribution in [2.24, 2.45) is 0 Å². The molecule has 0 heterocycles. The van der Waals surface area contributed by atoms with Gasteiger partial charge in [-0.2, -0.15) is 92.2 Å². The quantitative estimate of drug-likeness (QED) is 0.299. The zero-order valence-corrected chi connectivity index (χ0v) is 14.8. The average Bonchev–Trinajstić information content (AvgIpc) is 2.63. The lowest BCUT2D eigenvalue weighted by atomic mass is 9.86. The first-order chi connectivity index (χ1) is 14.8. The molecule has 0 nitrogen and oxygen atoms in total. The Labute approximate surface area is 174 Å². The van der Waals surface area contributed by atoms with Crippen molar-refractivity contribution in [3.63, 3.8) is 0 Å². The van der Waals surface area contributed by atoms with E-state index in [-0.39, 0.29) is 0 Å². The van der Waals surface area contributed by atoms with Gasteiger partial charge in [0.2, 0.25) is 0 Å². The molecule has 0 N–H and O–H groups in total. The Hall–Kier alpha value is -2.06. The van der Waals surface area contributed by atoms with Crippen molar-refractivity contribution in [2.75, 3.05) is 0 Å². The Morgan fingerprint density at radius 2 is 0.857 bits per heavy atom. The molecule has 0 aromatic rings. The van der Waals surface area contributed by atoms with Gasteiger partial charge in [0.25, 0.3) is 6.08 Å². The lowest BCUT2D eigenvalue weighted by Crippen LogP contribution is -2.67. The fraction of sp³-hybridized carbons (Fsp3) is 0.692. The van der Waals surface area contributed by atoms with Gasteiger partial charge in [-0.05, 0) is 0 Å². The van der Waals surface area contributed by atoms with Crippen molar-refractivity contribution in [1.82, 2.24) is 0 Å². The summed E-state index contributed by atoms with van der Waals surface area (Å²) in [6, 6.07) is 0. The topological polar surface area (TPSA) is 0 Å². The number of alkyl halides is 19. The van der Waals surface area contributed by atoms with E-state index in [4.69, 9.17) is 0 Å². The van der Waals surface area contributed by atoms with Crippen LogP contribution in [0, 0.1) is 0 Å². The van der Waals surface area contributed by atoms with Gasteiger partial charge in [-0.25, -0.2) is 4.39 Å². The second-order valence-electron chi connectivity index (χ2n) is 6.42. The molecule has 0 aromatic heterocycles. The molecule has 0 unspecified atom stereocenters. The van der Waals surface area contributed by atoms with Crippen LogP contribution in [0.3, 0.4) is 0 Å². The monoisotopic (exact) mass is 574 g/mol. The molecule has 0 radical (unpaired) electrons. The normalized spacial score (nSPS) is 23.3. The van der Waals surface area contributed by atoms with Crippen molar-refractivity contribution in [3.05, 3.63) is 23.1 Å². The molecule has 0 amide bonds. The first-order valence-corrected chi connectivity index (χ1v) is 7.41. The highest BCUT2D eigenvalue weighted by molar-refractivity contribution is 5.51. The molecule has 0 saturated carbocycles. The molecule has 206 valence electrons. The van der Waals surface area contributed by atoms with Gasteiger partial charge in [0, 0.05) is 0 Å². The maximum atomic E-state index is 14.0. The molecule has 0 aliphatic heterocycles. The first-order valence-electron chi connectivity index (χ1n) is 7.41. The molecule has 0 aromatic carbocycles. The molecule has 0 atom stereocenters. The molecule has 0 saturated heterocycles. The third kappa shape index (κ3) is 3.46. The van der Waals surface area contributed by atoms with Crippen molar-refractivity contribution < 1.29 is 96.6 Å². The van der Waals surface area contributed by atoms with Crippen molar-refractivity contribution in [2.45, 2.75) is 53.6 Å². The number of rotatable bonds is 4. The molecule has 22 heteroatoms. The van der Waals surface area contributed by atoms with Gasteiger partial charge in [-0.1, -0.05) is 0 Å². The molecule has 0 spiro atoms. The first kappa shape index (κ1) is 31.0. The van der Waals surface area contributed by atoms with Crippen LogP contribution in [0.1, 0.15) is 0 Å². The van der Waals surface area contributed by atoms with Gasteiger partial charge in [0.15, 0.2) is 5.83 Å². The smallest absolute Gasteiger partial charge is 0.204 e. The summed E-state index contributed by atoms with van der Waals surface area (Å²) in [5.41, 5.74) is -10.8. The summed E-state index contributed by atoms with van der Waals surface area (Å²) in [5, 5.41) is 0. The number of halogens is 22. The number of hydrogen-bond donors (Lipinski definition) is 0. The fourth-order valence-corrected chi connectivity index (χ4v) is 2.35. The van der Waals surface area contributed by atoms with Crippen LogP contribution in [0.4, 0.5) is 96.6 Å². The van der Waals surface area contributed by atoms with Crippen LogP contribution >= 0.6 is 0 Å². The molecule has 0 fully saturated rings. The molecular weight excluding hydrogens is 574 g/mol. The van der Waals surface area contributed by atoms with Gasteiger partial charge < -0.3 is 0 Å². The molecule has 1 aliphatic carbocycles. The summed E-state index contributed by atoms with van der Waals surface area (Å²) in [6.07, 6.45) is -13.1. The summed E-state index contributed by atoms with van der Waals surface area (Å²) in [4.78, 5) is 0. The van der Waals surface area contributed by atoms with Crippen LogP contribution in [0.25, 0.3) is 0 Å². The van der Waals surface area contributed by atoms with Crippen molar-refractivity contribution in [3.8, 4) is 0 Å². The van der Waals surface area contributed by atoms with E-state index in [1.807, 2.05) is 0 Å². The molecule has 35 heavy (non-hydrogen) atoms. The van der Waals surface area contributed by atoms with E-state index in [0.29, 0.717) is 0 Å². The largest absolute Gasteiger partial charge is 0.460 e. The minimum Gasteiger partial charge on any atom is -0.204 e. The molecule has 1 aliphatic rings. The Balaban J connectivity index is 4.33. The highest BCUT2D eigenvalue weighted by Crippen LogP contribution is 2.66. The van der Waals surface area contributed by atoms with Gasteiger partial charge in [0.1, 0.15) is 5.57 Å². The lowest BCUT2D eigenvalue weighted by molar-refractivity contribution is -0.418. The molecule has 1 rings (SSSR count). The number of allylic oxidation sites excluding steroid dienone is 3. The van der Waals surface area contributed by atoms with Crippen LogP contribution < -0.4 is 0 Å². The van der Waals surface area contributed by atoms with Gasteiger partial charge in [-0.3, -0.25) is 0 Å². The summed E-state index contributed by atoms with van der Waals surface area (Å²) in [6.45, 7) is 0. The fourth-order valence-electron chi connectivity index (χ4n) is 2.35. The van der Waals surface area contributed by atoms with E-state index in [0.717, 1.165) is 0 Å². The summed E-state index contributed by atoms with van der Waals surface area (Å²) in [7, 11) is 0. The Morgan fingerprint density at radius 1 is 0.514 bits per heavy atom. The third-order valence-electron chi connectivity index (χ3n) is 4.28. The zero-order valence-electron chi connectivity index (χ0n) is 14.8.